The van der Waals surface area contributed by atoms with E-state index >= 15 is 0 Å². The smallest absolute Gasteiger partial charge is 0.253 e. The number of rotatable bonds is 4. The van der Waals surface area contributed by atoms with E-state index in [0.29, 0.717) is 12.1 Å². The zero-order chi connectivity index (χ0) is 14.5. The van der Waals surface area contributed by atoms with Gasteiger partial charge in [-0.2, -0.15) is 0 Å². The van der Waals surface area contributed by atoms with E-state index in [2.05, 4.69) is 5.32 Å². The summed E-state index contributed by atoms with van der Waals surface area (Å²) in [5.74, 6) is 0.241. The predicted octanol–water partition coefficient (Wildman–Crippen LogP) is 2.71. The lowest BCUT2D eigenvalue weighted by molar-refractivity contribution is 0.0827. The molecule has 0 aliphatic rings. The summed E-state index contributed by atoms with van der Waals surface area (Å²) >= 11 is 0. The van der Waals surface area contributed by atoms with Gasteiger partial charge in [-0.05, 0) is 35.9 Å². The van der Waals surface area contributed by atoms with E-state index < -0.39 is 0 Å². The van der Waals surface area contributed by atoms with Crippen LogP contribution in [0.25, 0.3) is 0 Å². The van der Waals surface area contributed by atoms with Crippen molar-refractivity contribution in [3.05, 3.63) is 59.7 Å². The van der Waals surface area contributed by atoms with Crippen molar-refractivity contribution in [3.8, 4) is 5.75 Å². The van der Waals surface area contributed by atoms with Gasteiger partial charge in [0.1, 0.15) is 5.75 Å². The molecular weight excluding hydrogens is 252 g/mol. The van der Waals surface area contributed by atoms with Gasteiger partial charge < -0.3 is 15.3 Å². The summed E-state index contributed by atoms with van der Waals surface area (Å²) in [5.41, 5.74) is 2.61. The summed E-state index contributed by atoms with van der Waals surface area (Å²) in [6.07, 6.45) is 0. The van der Waals surface area contributed by atoms with Crippen molar-refractivity contribution in [1.29, 1.82) is 0 Å². The van der Waals surface area contributed by atoms with E-state index in [0.717, 1.165) is 11.3 Å². The van der Waals surface area contributed by atoms with Gasteiger partial charge in [0.15, 0.2) is 0 Å². The second-order valence-corrected chi connectivity index (χ2v) is 4.80. The molecule has 2 aromatic carbocycles. The quantitative estimate of drug-likeness (QED) is 0.898. The number of phenols is 1. The highest BCUT2D eigenvalue weighted by atomic mass is 16.3. The zero-order valence-corrected chi connectivity index (χ0v) is 11.6. The molecule has 0 aliphatic carbocycles. The molecule has 104 valence electrons. The highest BCUT2D eigenvalue weighted by molar-refractivity contribution is 5.94. The van der Waals surface area contributed by atoms with Crippen LogP contribution in [0.1, 0.15) is 15.9 Å². The summed E-state index contributed by atoms with van der Waals surface area (Å²) in [5, 5.41) is 12.5. The van der Waals surface area contributed by atoms with Gasteiger partial charge in [-0.1, -0.05) is 18.2 Å². The Morgan fingerprint density at radius 3 is 2.50 bits per heavy atom. The molecule has 0 saturated heterocycles. The third-order valence-corrected chi connectivity index (χ3v) is 2.95. The largest absolute Gasteiger partial charge is 0.508 e. The van der Waals surface area contributed by atoms with Crippen molar-refractivity contribution >= 4 is 11.6 Å². The predicted molar refractivity (Wildman–Crippen MR) is 79.9 cm³/mol. The Hall–Kier alpha value is -2.49. The van der Waals surface area contributed by atoms with Gasteiger partial charge in [-0.3, -0.25) is 4.79 Å². The lowest BCUT2D eigenvalue weighted by Gasteiger charge is -2.12. The fraction of sp³-hybridized carbons (Fsp3) is 0.188. The molecule has 0 bridgehead atoms. The van der Waals surface area contributed by atoms with Crippen molar-refractivity contribution in [1.82, 2.24) is 4.90 Å². The maximum absolute atomic E-state index is 11.9. The maximum Gasteiger partial charge on any atom is 0.253 e. The van der Waals surface area contributed by atoms with Crippen molar-refractivity contribution in [2.75, 3.05) is 19.4 Å². The highest BCUT2D eigenvalue weighted by Crippen LogP contribution is 2.15. The van der Waals surface area contributed by atoms with Crippen molar-refractivity contribution in [3.63, 3.8) is 0 Å². The number of benzene rings is 2. The minimum absolute atomic E-state index is 0.0155. The third-order valence-electron chi connectivity index (χ3n) is 2.95. The molecule has 2 aromatic rings. The van der Waals surface area contributed by atoms with E-state index in [1.807, 2.05) is 30.3 Å². The molecule has 0 fully saturated rings. The molecule has 1 amide bonds. The average molecular weight is 270 g/mol. The summed E-state index contributed by atoms with van der Waals surface area (Å²) in [7, 11) is 3.47. The molecule has 20 heavy (non-hydrogen) atoms. The molecule has 0 saturated carbocycles. The van der Waals surface area contributed by atoms with Crippen LogP contribution in [0, 0.1) is 0 Å². The van der Waals surface area contributed by atoms with Crippen molar-refractivity contribution < 1.29 is 9.90 Å². The lowest BCUT2D eigenvalue weighted by atomic mass is 10.1. The van der Waals surface area contributed by atoms with Gasteiger partial charge >= 0.3 is 0 Å². The van der Waals surface area contributed by atoms with Crippen LogP contribution >= 0.6 is 0 Å². The second-order valence-electron chi connectivity index (χ2n) is 4.80. The molecule has 0 aliphatic heterocycles. The first kappa shape index (κ1) is 13.9. The van der Waals surface area contributed by atoms with Crippen molar-refractivity contribution in [2.24, 2.45) is 0 Å². The first-order valence-electron chi connectivity index (χ1n) is 6.40. The Labute approximate surface area is 118 Å². The molecule has 0 atom stereocenters. The van der Waals surface area contributed by atoms with E-state index in [1.165, 1.54) is 0 Å². The van der Waals surface area contributed by atoms with Crippen LogP contribution in [0.5, 0.6) is 5.75 Å². The first-order valence-corrected chi connectivity index (χ1v) is 6.40. The van der Waals surface area contributed by atoms with Crippen LogP contribution in [0.3, 0.4) is 0 Å². The number of anilines is 1. The van der Waals surface area contributed by atoms with Gasteiger partial charge in [-0.15, -0.1) is 0 Å². The summed E-state index contributed by atoms with van der Waals surface area (Å²) in [6, 6.07) is 14.4. The Morgan fingerprint density at radius 1 is 1.15 bits per heavy atom. The van der Waals surface area contributed by atoms with Gasteiger partial charge in [0.05, 0.1) is 0 Å². The number of hydrogen-bond donors (Lipinski definition) is 2. The summed E-state index contributed by atoms with van der Waals surface area (Å²) < 4.78 is 0. The topological polar surface area (TPSA) is 52.6 Å². The third kappa shape index (κ3) is 3.51. The number of carbonyl (C=O) groups excluding carboxylic acids is 1. The molecule has 0 heterocycles. The molecule has 0 spiro atoms. The Bertz CT molecular complexity index is 592. The van der Waals surface area contributed by atoms with Crippen LogP contribution in [0.15, 0.2) is 48.5 Å². The normalized spacial score (nSPS) is 10.1. The van der Waals surface area contributed by atoms with Gasteiger partial charge in [0.2, 0.25) is 0 Å². The minimum Gasteiger partial charge on any atom is -0.508 e. The van der Waals surface area contributed by atoms with E-state index in [1.54, 1.807) is 37.2 Å². The Morgan fingerprint density at radius 2 is 1.85 bits per heavy atom. The number of aromatic hydroxyl groups is 1. The summed E-state index contributed by atoms with van der Waals surface area (Å²) in [4.78, 5) is 13.4. The number of nitrogens with one attached hydrogen (secondary N) is 1. The average Bonchev–Trinajstić information content (AvgIpc) is 2.46. The SMILES string of the molecule is CN(C)C(=O)c1cccc(NCc2ccc(O)cc2)c1. The fourth-order valence-corrected chi connectivity index (χ4v) is 1.84. The number of amides is 1. The second kappa shape index (κ2) is 6.10. The molecule has 0 aromatic heterocycles. The Balaban J connectivity index is 2.05. The standard InChI is InChI=1S/C16H18N2O2/c1-18(2)16(20)13-4-3-5-14(10-13)17-11-12-6-8-15(19)9-7-12/h3-10,17,19H,11H2,1-2H3. The zero-order valence-electron chi connectivity index (χ0n) is 11.6. The molecule has 4 heteroatoms. The number of hydrogen-bond acceptors (Lipinski definition) is 3. The van der Waals surface area contributed by atoms with E-state index in [-0.39, 0.29) is 11.7 Å². The van der Waals surface area contributed by atoms with Crippen molar-refractivity contribution in [2.45, 2.75) is 6.54 Å². The molecular formula is C16H18N2O2. The first-order chi connectivity index (χ1) is 9.56. The van der Waals surface area contributed by atoms with Crippen LogP contribution < -0.4 is 5.32 Å². The highest BCUT2D eigenvalue weighted by Gasteiger charge is 2.07. The number of nitrogens with zero attached hydrogens (tertiary/aromatic N) is 1. The maximum atomic E-state index is 11.9. The molecule has 0 unspecified atom stereocenters. The van der Waals surface area contributed by atoms with E-state index in [9.17, 15) is 9.90 Å². The van der Waals surface area contributed by atoms with Crippen LogP contribution in [0.2, 0.25) is 0 Å². The van der Waals surface area contributed by atoms with Crippen LogP contribution in [-0.4, -0.2) is 30.0 Å². The van der Waals surface area contributed by atoms with Gasteiger partial charge in [-0.25, -0.2) is 0 Å². The van der Waals surface area contributed by atoms with Gasteiger partial charge in [0.25, 0.3) is 5.91 Å². The van der Waals surface area contributed by atoms with Crippen LogP contribution in [-0.2, 0) is 6.54 Å². The molecule has 2 N–H and O–H groups in total. The molecule has 4 nitrogen and oxygen atoms in total. The minimum atomic E-state index is -0.0155. The number of carbonyl (C=O) groups is 1. The van der Waals surface area contributed by atoms with E-state index in [4.69, 9.17) is 0 Å². The Kier molecular flexibility index (Phi) is 4.25. The van der Waals surface area contributed by atoms with Gasteiger partial charge in [0, 0.05) is 31.9 Å². The summed E-state index contributed by atoms with van der Waals surface area (Å²) in [6.45, 7) is 0.639. The lowest BCUT2D eigenvalue weighted by Crippen LogP contribution is -2.21. The fourth-order valence-electron chi connectivity index (χ4n) is 1.84. The monoisotopic (exact) mass is 270 g/mol. The molecule has 2 rings (SSSR count). The number of phenolic OH excluding ortho intramolecular Hbond substituents is 1. The molecule has 0 radical (unpaired) electrons. The van der Waals surface area contributed by atoms with Crippen LogP contribution in [0.4, 0.5) is 5.69 Å².